The second-order valence-corrected chi connectivity index (χ2v) is 7.63. The molecule has 0 aliphatic carbocycles. The minimum Gasteiger partial charge on any atom is -0.305 e. The topological polar surface area (TPSA) is 55.2 Å². The first-order valence-corrected chi connectivity index (χ1v) is 10.1. The van der Waals surface area contributed by atoms with Gasteiger partial charge in [0, 0.05) is 6.42 Å². The van der Waals surface area contributed by atoms with Gasteiger partial charge in [-0.2, -0.15) is 0 Å². The molecule has 0 saturated carbocycles. The van der Waals surface area contributed by atoms with Crippen molar-refractivity contribution in [2.75, 3.05) is 4.90 Å². The van der Waals surface area contributed by atoms with E-state index in [-0.39, 0.29) is 24.2 Å². The van der Waals surface area contributed by atoms with Gasteiger partial charge in [-0.15, -0.1) is 0 Å². The number of fused-ring (bicyclic) bond motifs is 1. The molecule has 1 fully saturated rings. The van der Waals surface area contributed by atoms with Crippen LogP contribution in [0, 0.1) is 5.92 Å². The minimum atomic E-state index is -0.357. The summed E-state index contributed by atoms with van der Waals surface area (Å²) in [5.74, 6) is -0.311. The number of carbonyl (C=O) groups is 2. The van der Waals surface area contributed by atoms with Crippen molar-refractivity contribution in [2.24, 2.45) is 5.92 Å². The maximum Gasteiger partial charge on any atom is 0.240 e. The zero-order valence-electron chi connectivity index (χ0n) is 16.4. The van der Waals surface area contributed by atoms with Gasteiger partial charge in [-0.05, 0) is 29.7 Å². The molecule has 0 unspecified atom stereocenters. The van der Waals surface area contributed by atoms with Crippen LogP contribution in [0.3, 0.4) is 0 Å². The summed E-state index contributed by atoms with van der Waals surface area (Å²) < 4.78 is 1.96. The number of nitrogens with zero attached hydrogens (tertiary/aromatic N) is 3. The Labute approximate surface area is 174 Å². The highest BCUT2D eigenvalue weighted by Gasteiger charge is 2.41. The smallest absolute Gasteiger partial charge is 0.240 e. The number of hydrogen-bond donors (Lipinski definition) is 0. The molecule has 5 heteroatoms. The summed E-state index contributed by atoms with van der Waals surface area (Å²) in [5.41, 5.74) is 3.82. The fourth-order valence-electron chi connectivity index (χ4n) is 4.12. The number of rotatable bonds is 5. The highest BCUT2D eigenvalue weighted by atomic mass is 16.2. The molecular formula is C25H21N3O2. The van der Waals surface area contributed by atoms with Crippen LogP contribution >= 0.6 is 0 Å². The highest BCUT2D eigenvalue weighted by molar-refractivity contribution is 6.20. The van der Waals surface area contributed by atoms with E-state index in [4.69, 9.17) is 0 Å². The van der Waals surface area contributed by atoms with Crippen LogP contribution in [-0.4, -0.2) is 21.4 Å². The van der Waals surface area contributed by atoms with E-state index in [0.29, 0.717) is 18.9 Å². The normalized spacial score (nSPS) is 16.5. The maximum absolute atomic E-state index is 13.3. The Morgan fingerprint density at radius 1 is 0.800 bits per heavy atom. The van der Waals surface area contributed by atoms with Crippen LogP contribution < -0.4 is 4.90 Å². The summed E-state index contributed by atoms with van der Waals surface area (Å²) in [7, 11) is 0. The summed E-state index contributed by atoms with van der Waals surface area (Å²) >= 11 is 0. The molecule has 0 radical (unpaired) electrons. The summed E-state index contributed by atoms with van der Waals surface area (Å²) in [6.07, 6.45) is 0.767. The zero-order valence-corrected chi connectivity index (χ0v) is 16.4. The Kier molecular flexibility index (Phi) is 4.64. The fraction of sp³-hybridized carbons (Fsp3) is 0.160. The van der Waals surface area contributed by atoms with Crippen LogP contribution in [0.5, 0.6) is 0 Å². The van der Waals surface area contributed by atoms with Gasteiger partial charge in [-0.25, -0.2) is 9.88 Å². The lowest BCUT2D eigenvalue weighted by Crippen LogP contribution is -2.33. The summed E-state index contributed by atoms with van der Waals surface area (Å²) in [6, 6.07) is 27.6. The van der Waals surface area contributed by atoms with E-state index < -0.39 is 0 Å². The Bertz CT molecular complexity index is 1220. The Balaban J connectivity index is 1.53. The number of benzene rings is 3. The Morgan fingerprint density at radius 3 is 2.17 bits per heavy atom. The molecule has 2 amide bonds. The van der Waals surface area contributed by atoms with Gasteiger partial charge in [-0.3, -0.25) is 9.59 Å². The first kappa shape index (κ1) is 18.3. The third-order valence-corrected chi connectivity index (χ3v) is 5.58. The maximum atomic E-state index is 13.3. The molecule has 4 aromatic rings. The molecule has 5 rings (SSSR count). The SMILES string of the molecule is O=C1C[C@H](Cc2ccccc2)C(=O)N1c1nc2ccccc2n1Cc1ccccc1. The van der Waals surface area contributed by atoms with E-state index >= 15 is 0 Å². The van der Waals surface area contributed by atoms with Crippen molar-refractivity contribution in [3.8, 4) is 0 Å². The number of aromatic nitrogens is 2. The van der Waals surface area contributed by atoms with E-state index in [1.807, 2.05) is 89.5 Å². The summed E-state index contributed by atoms with van der Waals surface area (Å²) in [4.78, 5) is 32.1. The van der Waals surface area contributed by atoms with Crippen LogP contribution in [0.25, 0.3) is 11.0 Å². The molecule has 0 bridgehead atoms. The quantitative estimate of drug-likeness (QED) is 0.476. The van der Waals surface area contributed by atoms with Gasteiger partial charge < -0.3 is 4.57 Å². The minimum absolute atomic E-state index is 0.173. The zero-order chi connectivity index (χ0) is 20.5. The first-order chi connectivity index (χ1) is 14.7. The highest BCUT2D eigenvalue weighted by Crippen LogP contribution is 2.31. The van der Waals surface area contributed by atoms with Crippen LogP contribution in [0.4, 0.5) is 5.95 Å². The third-order valence-electron chi connectivity index (χ3n) is 5.58. The number of imidazole rings is 1. The van der Waals surface area contributed by atoms with Crippen molar-refractivity contribution < 1.29 is 9.59 Å². The van der Waals surface area contributed by atoms with Gasteiger partial charge in [0.2, 0.25) is 17.8 Å². The molecular weight excluding hydrogens is 374 g/mol. The molecule has 3 aromatic carbocycles. The van der Waals surface area contributed by atoms with Gasteiger partial charge in [0.15, 0.2) is 0 Å². The molecule has 1 aliphatic heterocycles. The van der Waals surface area contributed by atoms with Crippen molar-refractivity contribution in [2.45, 2.75) is 19.4 Å². The van der Waals surface area contributed by atoms with E-state index in [9.17, 15) is 9.59 Å². The van der Waals surface area contributed by atoms with Gasteiger partial charge in [-0.1, -0.05) is 72.8 Å². The second kappa shape index (κ2) is 7.59. The standard InChI is InChI=1S/C25H21N3O2/c29-23-16-20(15-18-9-3-1-4-10-18)24(30)28(23)25-26-21-13-7-8-14-22(21)27(25)17-19-11-5-2-6-12-19/h1-14,20H,15-17H2/t20-/m0/s1. The number of hydrogen-bond acceptors (Lipinski definition) is 3. The van der Waals surface area contributed by atoms with Gasteiger partial charge in [0.25, 0.3) is 0 Å². The molecule has 5 nitrogen and oxygen atoms in total. The average Bonchev–Trinajstić information content (AvgIpc) is 3.26. The van der Waals surface area contributed by atoms with Crippen LogP contribution in [0.15, 0.2) is 84.9 Å². The molecule has 148 valence electrons. The second-order valence-electron chi connectivity index (χ2n) is 7.63. The lowest BCUT2D eigenvalue weighted by molar-refractivity contribution is -0.122. The predicted molar refractivity (Wildman–Crippen MR) is 116 cm³/mol. The van der Waals surface area contributed by atoms with Crippen molar-refractivity contribution in [3.63, 3.8) is 0 Å². The molecule has 2 heterocycles. The average molecular weight is 395 g/mol. The largest absolute Gasteiger partial charge is 0.305 e. The van der Waals surface area contributed by atoms with Crippen molar-refractivity contribution in [3.05, 3.63) is 96.1 Å². The summed E-state index contributed by atoms with van der Waals surface area (Å²) in [5, 5.41) is 0. The van der Waals surface area contributed by atoms with Gasteiger partial charge in [0.1, 0.15) is 0 Å². The van der Waals surface area contributed by atoms with Crippen LogP contribution in [0.2, 0.25) is 0 Å². The first-order valence-electron chi connectivity index (χ1n) is 10.1. The number of anilines is 1. The molecule has 0 N–H and O–H groups in total. The van der Waals surface area contributed by atoms with E-state index in [2.05, 4.69) is 4.98 Å². The third kappa shape index (κ3) is 3.28. The van der Waals surface area contributed by atoms with Crippen molar-refractivity contribution >= 4 is 28.8 Å². The van der Waals surface area contributed by atoms with E-state index in [1.165, 1.54) is 4.90 Å². The molecule has 0 spiro atoms. The number of para-hydroxylation sites is 2. The lowest BCUT2D eigenvalue weighted by Gasteiger charge is -2.17. The Morgan fingerprint density at radius 2 is 1.43 bits per heavy atom. The number of imide groups is 1. The van der Waals surface area contributed by atoms with E-state index in [0.717, 1.165) is 22.2 Å². The van der Waals surface area contributed by atoms with Crippen molar-refractivity contribution in [1.82, 2.24) is 9.55 Å². The van der Waals surface area contributed by atoms with Gasteiger partial charge >= 0.3 is 0 Å². The lowest BCUT2D eigenvalue weighted by atomic mass is 9.98. The van der Waals surface area contributed by atoms with Crippen molar-refractivity contribution in [1.29, 1.82) is 0 Å². The number of amides is 2. The monoisotopic (exact) mass is 395 g/mol. The summed E-state index contributed by atoms with van der Waals surface area (Å²) in [6.45, 7) is 0.539. The molecule has 1 aromatic heterocycles. The molecule has 1 aliphatic rings. The van der Waals surface area contributed by atoms with Crippen LogP contribution in [0.1, 0.15) is 17.5 Å². The van der Waals surface area contributed by atoms with Gasteiger partial charge in [0.05, 0.1) is 23.5 Å². The molecule has 30 heavy (non-hydrogen) atoms. The fourth-order valence-corrected chi connectivity index (χ4v) is 4.12. The number of carbonyl (C=O) groups excluding carboxylic acids is 2. The Hall–Kier alpha value is -3.73. The molecule has 1 saturated heterocycles. The van der Waals surface area contributed by atoms with E-state index in [1.54, 1.807) is 0 Å². The predicted octanol–water partition coefficient (Wildman–Crippen LogP) is 4.21. The van der Waals surface area contributed by atoms with Crippen LogP contribution in [-0.2, 0) is 22.6 Å². The molecule has 1 atom stereocenters.